The number of para-hydroxylation sites is 2. The van der Waals surface area contributed by atoms with Crippen LogP contribution >= 0.6 is 0 Å². The van der Waals surface area contributed by atoms with Crippen molar-refractivity contribution in [1.29, 1.82) is 0 Å². The fourth-order valence-corrected chi connectivity index (χ4v) is 4.37. The van der Waals surface area contributed by atoms with Crippen LogP contribution in [0.15, 0.2) is 103 Å². The maximum atomic E-state index is 5.97. The molecule has 0 bridgehead atoms. The van der Waals surface area contributed by atoms with E-state index >= 15 is 0 Å². The lowest BCUT2D eigenvalue weighted by molar-refractivity contribution is 1.12. The Morgan fingerprint density at radius 1 is 0.552 bits per heavy atom. The number of hydrogen-bond donors (Lipinski definition) is 1. The smallest absolute Gasteiger partial charge is 0.0788 e. The zero-order chi connectivity index (χ0) is 19.4. The molecule has 0 aliphatic carbocycles. The number of rotatable bonds is 2. The third-order valence-corrected chi connectivity index (χ3v) is 5.67. The number of nitrogens with two attached hydrogens (primary N) is 1. The van der Waals surface area contributed by atoms with Gasteiger partial charge in [-0.2, -0.15) is 0 Å². The lowest BCUT2D eigenvalue weighted by Gasteiger charge is -2.12. The summed E-state index contributed by atoms with van der Waals surface area (Å²) in [5, 5.41) is 3.73. The van der Waals surface area contributed by atoms with Gasteiger partial charge >= 0.3 is 0 Å². The molecule has 6 aromatic rings. The zero-order valence-electron chi connectivity index (χ0n) is 15.8. The summed E-state index contributed by atoms with van der Waals surface area (Å²) in [6.07, 6.45) is 2.16. The fraction of sp³-hybridized carbons (Fsp3) is 0. The highest BCUT2D eigenvalue weighted by atomic mass is 15.0. The van der Waals surface area contributed by atoms with Gasteiger partial charge in [-0.3, -0.25) is 0 Å². The Bertz CT molecular complexity index is 1490. The van der Waals surface area contributed by atoms with Crippen molar-refractivity contribution in [2.24, 2.45) is 0 Å². The minimum absolute atomic E-state index is 0.771. The highest BCUT2D eigenvalue weighted by molar-refractivity contribution is 6.18. The minimum Gasteiger partial charge on any atom is -0.399 e. The van der Waals surface area contributed by atoms with E-state index in [9.17, 15) is 0 Å². The van der Waals surface area contributed by atoms with Gasteiger partial charge in [0.1, 0.15) is 0 Å². The van der Waals surface area contributed by atoms with Crippen molar-refractivity contribution in [3.8, 4) is 11.4 Å². The van der Waals surface area contributed by atoms with Crippen LogP contribution in [-0.2, 0) is 0 Å². The molecule has 0 atom stereocenters. The number of nitrogen functional groups attached to an aromatic ring is 1. The van der Waals surface area contributed by atoms with Gasteiger partial charge in [0.2, 0.25) is 0 Å². The van der Waals surface area contributed by atoms with Crippen LogP contribution < -0.4 is 5.73 Å². The summed E-state index contributed by atoms with van der Waals surface area (Å²) < 4.78 is 4.64. The van der Waals surface area contributed by atoms with Crippen molar-refractivity contribution >= 4 is 38.4 Å². The van der Waals surface area contributed by atoms with Gasteiger partial charge in [0, 0.05) is 39.4 Å². The number of aromatic nitrogens is 2. The largest absolute Gasteiger partial charge is 0.399 e. The molecule has 0 aliphatic heterocycles. The van der Waals surface area contributed by atoms with E-state index in [0.29, 0.717) is 0 Å². The highest BCUT2D eigenvalue weighted by Gasteiger charge is 2.17. The molecule has 4 aromatic carbocycles. The second-order valence-corrected chi connectivity index (χ2v) is 7.36. The van der Waals surface area contributed by atoms with Crippen LogP contribution in [0.2, 0.25) is 0 Å². The molecule has 6 rings (SSSR count). The lowest BCUT2D eigenvalue weighted by atomic mass is 10.1. The molecule has 2 heterocycles. The van der Waals surface area contributed by atoms with Gasteiger partial charge in [-0.1, -0.05) is 48.5 Å². The Balaban J connectivity index is 1.83. The summed E-state index contributed by atoms with van der Waals surface area (Å²) in [6, 6.07) is 33.9. The molecule has 3 heteroatoms. The molecule has 0 unspecified atom stereocenters. The zero-order valence-corrected chi connectivity index (χ0v) is 15.8. The third-order valence-electron chi connectivity index (χ3n) is 5.67. The molecule has 0 saturated carbocycles. The van der Waals surface area contributed by atoms with Gasteiger partial charge in [-0.05, 0) is 48.5 Å². The Kier molecular flexibility index (Phi) is 3.32. The predicted octanol–water partition coefficient (Wildman–Crippen LogP) is 6.31. The number of fused-ring (bicyclic) bond motifs is 5. The van der Waals surface area contributed by atoms with E-state index in [1.54, 1.807) is 0 Å². The quantitative estimate of drug-likeness (QED) is 0.355. The van der Waals surface area contributed by atoms with E-state index in [1.807, 2.05) is 12.1 Å². The van der Waals surface area contributed by atoms with Gasteiger partial charge in [0.05, 0.1) is 16.6 Å². The third kappa shape index (κ3) is 2.31. The molecule has 0 spiro atoms. The van der Waals surface area contributed by atoms with E-state index in [2.05, 4.69) is 100 Å². The number of nitrogens with zero attached hydrogens (tertiary/aromatic N) is 2. The Morgan fingerprint density at radius 2 is 1.31 bits per heavy atom. The number of anilines is 1. The summed E-state index contributed by atoms with van der Waals surface area (Å²) in [5.74, 6) is 0. The van der Waals surface area contributed by atoms with Crippen molar-refractivity contribution in [2.75, 3.05) is 5.73 Å². The predicted molar refractivity (Wildman–Crippen MR) is 122 cm³/mol. The second kappa shape index (κ2) is 6.01. The maximum Gasteiger partial charge on any atom is 0.0788 e. The molecular weight excluding hydrogens is 354 g/mol. The van der Waals surface area contributed by atoms with Crippen LogP contribution in [0.1, 0.15) is 0 Å². The van der Waals surface area contributed by atoms with Gasteiger partial charge in [0.15, 0.2) is 0 Å². The first-order valence-corrected chi connectivity index (χ1v) is 9.76. The summed E-state index contributed by atoms with van der Waals surface area (Å²) in [4.78, 5) is 0. The first kappa shape index (κ1) is 16.0. The number of benzene rings is 4. The van der Waals surface area contributed by atoms with Crippen LogP contribution in [0.3, 0.4) is 0 Å². The molecular formula is C26H19N3. The molecule has 0 radical (unpaired) electrons. The molecule has 3 nitrogen and oxygen atoms in total. The molecule has 138 valence electrons. The molecule has 29 heavy (non-hydrogen) atoms. The van der Waals surface area contributed by atoms with Crippen molar-refractivity contribution in [3.63, 3.8) is 0 Å². The highest BCUT2D eigenvalue weighted by Crippen LogP contribution is 2.37. The SMILES string of the molecule is Nc1ccc(-n2c3ccccc3c3ccc4ccn(-c5ccccc5)c4c32)cc1. The van der Waals surface area contributed by atoms with Gasteiger partial charge in [-0.25, -0.2) is 0 Å². The average Bonchev–Trinajstić information content (AvgIpc) is 3.34. The van der Waals surface area contributed by atoms with E-state index in [4.69, 9.17) is 5.73 Å². The Morgan fingerprint density at radius 3 is 2.14 bits per heavy atom. The fourth-order valence-electron chi connectivity index (χ4n) is 4.37. The first-order valence-electron chi connectivity index (χ1n) is 9.76. The standard InChI is InChI=1S/C26H19N3/c27-19-11-13-21(14-12-19)29-24-9-5-4-8-22(24)23-15-10-18-16-17-28(25(18)26(23)29)20-6-2-1-3-7-20/h1-17H,27H2. The number of hydrogen-bond acceptors (Lipinski definition) is 1. The minimum atomic E-state index is 0.771. The van der Waals surface area contributed by atoms with Crippen LogP contribution in [0.4, 0.5) is 5.69 Å². The van der Waals surface area contributed by atoms with E-state index in [1.165, 1.54) is 32.7 Å². The first-order chi connectivity index (χ1) is 14.3. The summed E-state index contributed by atoms with van der Waals surface area (Å²) in [5.41, 5.74) is 12.6. The molecule has 0 aliphatic rings. The maximum absolute atomic E-state index is 5.97. The average molecular weight is 373 g/mol. The van der Waals surface area contributed by atoms with Gasteiger partial charge in [0.25, 0.3) is 0 Å². The Hall–Kier alpha value is -3.98. The van der Waals surface area contributed by atoms with Crippen LogP contribution in [0, 0.1) is 0 Å². The van der Waals surface area contributed by atoms with E-state index in [0.717, 1.165) is 17.1 Å². The topological polar surface area (TPSA) is 35.9 Å². The summed E-state index contributed by atoms with van der Waals surface area (Å²) >= 11 is 0. The Labute approximate surface area is 168 Å². The summed E-state index contributed by atoms with van der Waals surface area (Å²) in [7, 11) is 0. The van der Waals surface area contributed by atoms with E-state index in [-0.39, 0.29) is 0 Å². The molecule has 0 amide bonds. The summed E-state index contributed by atoms with van der Waals surface area (Å²) in [6.45, 7) is 0. The van der Waals surface area contributed by atoms with Gasteiger partial charge < -0.3 is 14.9 Å². The molecule has 0 fully saturated rings. The molecule has 2 N–H and O–H groups in total. The van der Waals surface area contributed by atoms with Crippen molar-refractivity contribution < 1.29 is 0 Å². The van der Waals surface area contributed by atoms with Crippen molar-refractivity contribution in [3.05, 3.63) is 103 Å². The lowest BCUT2D eigenvalue weighted by Crippen LogP contribution is -1.98. The second-order valence-electron chi connectivity index (χ2n) is 7.36. The van der Waals surface area contributed by atoms with Crippen LogP contribution in [-0.4, -0.2) is 9.13 Å². The molecule has 0 saturated heterocycles. The van der Waals surface area contributed by atoms with Crippen LogP contribution in [0.5, 0.6) is 0 Å². The van der Waals surface area contributed by atoms with Crippen molar-refractivity contribution in [2.45, 2.75) is 0 Å². The normalized spacial score (nSPS) is 11.6. The van der Waals surface area contributed by atoms with Crippen molar-refractivity contribution in [1.82, 2.24) is 9.13 Å². The van der Waals surface area contributed by atoms with E-state index < -0.39 is 0 Å². The van der Waals surface area contributed by atoms with Crippen LogP contribution in [0.25, 0.3) is 44.1 Å². The van der Waals surface area contributed by atoms with Gasteiger partial charge in [-0.15, -0.1) is 0 Å². The monoisotopic (exact) mass is 373 g/mol. The molecule has 2 aromatic heterocycles.